The van der Waals surface area contributed by atoms with Gasteiger partial charge in [0.15, 0.2) is 0 Å². The number of rotatable bonds is 4. The number of nitrogens with zero attached hydrogens (tertiary/aromatic N) is 3. The van der Waals surface area contributed by atoms with E-state index in [1.807, 2.05) is 31.2 Å². The number of para-hydroxylation sites is 1. The Morgan fingerprint density at radius 2 is 2.11 bits per heavy atom. The van der Waals surface area contributed by atoms with E-state index in [0.717, 1.165) is 11.3 Å². The Labute approximate surface area is 115 Å². The maximum Gasteiger partial charge on any atom is 0.234 e. The Kier molecular flexibility index (Phi) is 4.06. The first-order valence-corrected chi connectivity index (χ1v) is 6.72. The van der Waals surface area contributed by atoms with Crippen molar-refractivity contribution in [2.45, 2.75) is 19.0 Å². The van der Waals surface area contributed by atoms with Crippen LogP contribution in [0.4, 0.5) is 5.69 Å². The lowest BCUT2D eigenvalue weighted by atomic mass is 10.2. The molecule has 0 aliphatic rings. The van der Waals surface area contributed by atoms with Crippen molar-refractivity contribution in [2.24, 2.45) is 0 Å². The first-order chi connectivity index (χ1) is 9.08. The molecule has 100 valence electrons. The summed E-state index contributed by atoms with van der Waals surface area (Å²) in [6, 6.07) is 7.63. The van der Waals surface area contributed by atoms with E-state index in [0.29, 0.717) is 11.0 Å². The minimum Gasteiger partial charge on any atom is -0.336 e. The quantitative estimate of drug-likeness (QED) is 0.650. The van der Waals surface area contributed by atoms with E-state index in [1.54, 1.807) is 6.92 Å². The Bertz CT molecular complexity index is 596. The van der Waals surface area contributed by atoms with Gasteiger partial charge in [-0.3, -0.25) is 4.79 Å². The van der Waals surface area contributed by atoms with Crippen LogP contribution in [0.1, 0.15) is 11.4 Å². The van der Waals surface area contributed by atoms with Crippen LogP contribution in [0.25, 0.3) is 0 Å². The molecule has 1 heterocycles. The van der Waals surface area contributed by atoms with Crippen LogP contribution >= 0.6 is 11.8 Å². The molecular formula is C12H15N5OS. The van der Waals surface area contributed by atoms with Gasteiger partial charge in [0.05, 0.1) is 5.75 Å². The fourth-order valence-corrected chi connectivity index (χ4v) is 2.18. The van der Waals surface area contributed by atoms with Gasteiger partial charge in [-0.15, -0.1) is 10.2 Å². The highest BCUT2D eigenvalue weighted by molar-refractivity contribution is 7.99. The highest BCUT2D eigenvalue weighted by atomic mass is 32.2. The molecule has 1 amide bonds. The van der Waals surface area contributed by atoms with Gasteiger partial charge >= 0.3 is 0 Å². The van der Waals surface area contributed by atoms with Crippen molar-refractivity contribution in [3.8, 4) is 0 Å². The zero-order valence-corrected chi connectivity index (χ0v) is 11.6. The van der Waals surface area contributed by atoms with Gasteiger partial charge < -0.3 is 11.2 Å². The molecule has 0 unspecified atom stereocenters. The number of nitrogens with one attached hydrogen (secondary N) is 1. The van der Waals surface area contributed by atoms with E-state index in [-0.39, 0.29) is 11.7 Å². The minimum atomic E-state index is -0.0973. The van der Waals surface area contributed by atoms with Gasteiger partial charge in [0.2, 0.25) is 11.1 Å². The molecule has 2 aromatic rings. The molecule has 7 heteroatoms. The maximum atomic E-state index is 11.8. The van der Waals surface area contributed by atoms with Crippen LogP contribution in [0.3, 0.4) is 0 Å². The van der Waals surface area contributed by atoms with Gasteiger partial charge in [0.25, 0.3) is 0 Å². The summed E-state index contributed by atoms with van der Waals surface area (Å²) < 4.78 is 1.37. The fraction of sp³-hybridized carbons (Fsp3) is 0.250. The van der Waals surface area contributed by atoms with Crippen LogP contribution in [0, 0.1) is 13.8 Å². The topological polar surface area (TPSA) is 85.8 Å². The van der Waals surface area contributed by atoms with Crippen LogP contribution in [0.5, 0.6) is 0 Å². The van der Waals surface area contributed by atoms with E-state index in [9.17, 15) is 4.79 Å². The Morgan fingerprint density at radius 1 is 1.37 bits per heavy atom. The number of aromatic nitrogens is 3. The predicted molar refractivity (Wildman–Crippen MR) is 75.4 cm³/mol. The summed E-state index contributed by atoms with van der Waals surface area (Å²) in [5.41, 5.74) is 1.84. The van der Waals surface area contributed by atoms with Gasteiger partial charge in [-0.05, 0) is 25.5 Å². The third-order valence-electron chi connectivity index (χ3n) is 2.59. The van der Waals surface area contributed by atoms with Crippen molar-refractivity contribution in [1.82, 2.24) is 14.9 Å². The van der Waals surface area contributed by atoms with Crippen molar-refractivity contribution >= 4 is 23.4 Å². The highest BCUT2D eigenvalue weighted by Crippen LogP contribution is 2.16. The molecule has 0 aliphatic carbocycles. The predicted octanol–water partition coefficient (Wildman–Crippen LogP) is 1.34. The van der Waals surface area contributed by atoms with Crippen molar-refractivity contribution in [3.05, 3.63) is 35.7 Å². The lowest BCUT2D eigenvalue weighted by molar-refractivity contribution is -0.113. The number of carbonyl (C=O) groups excluding carboxylic acids is 1. The number of hydrogen-bond donors (Lipinski definition) is 2. The number of amides is 1. The van der Waals surface area contributed by atoms with Crippen LogP contribution in [0.2, 0.25) is 0 Å². The SMILES string of the molecule is Cc1ccccc1NC(=O)CSc1nnc(C)n1N. The molecule has 19 heavy (non-hydrogen) atoms. The fourth-order valence-electron chi connectivity index (χ4n) is 1.48. The molecule has 0 atom stereocenters. The summed E-state index contributed by atoms with van der Waals surface area (Å²) >= 11 is 1.25. The number of carbonyl (C=O) groups is 1. The summed E-state index contributed by atoms with van der Waals surface area (Å²) in [6.07, 6.45) is 0. The lowest BCUT2D eigenvalue weighted by Crippen LogP contribution is -2.17. The molecular weight excluding hydrogens is 262 g/mol. The molecule has 0 bridgehead atoms. The molecule has 0 saturated carbocycles. The second-order valence-corrected chi connectivity index (χ2v) is 4.99. The highest BCUT2D eigenvalue weighted by Gasteiger charge is 2.10. The molecule has 0 aliphatic heterocycles. The maximum absolute atomic E-state index is 11.8. The second kappa shape index (κ2) is 5.75. The molecule has 6 nitrogen and oxygen atoms in total. The first kappa shape index (κ1) is 13.4. The number of benzene rings is 1. The minimum absolute atomic E-state index is 0.0973. The van der Waals surface area contributed by atoms with E-state index in [2.05, 4.69) is 15.5 Å². The average molecular weight is 277 g/mol. The Balaban J connectivity index is 1.92. The largest absolute Gasteiger partial charge is 0.336 e. The zero-order valence-electron chi connectivity index (χ0n) is 10.8. The van der Waals surface area contributed by atoms with E-state index >= 15 is 0 Å². The smallest absolute Gasteiger partial charge is 0.234 e. The number of hydrogen-bond acceptors (Lipinski definition) is 5. The average Bonchev–Trinajstić information content (AvgIpc) is 2.70. The number of thioether (sulfide) groups is 1. The summed E-state index contributed by atoms with van der Waals surface area (Å²) in [6.45, 7) is 3.70. The molecule has 0 fully saturated rings. The molecule has 1 aromatic carbocycles. The number of nitrogens with two attached hydrogens (primary N) is 1. The number of anilines is 1. The van der Waals surface area contributed by atoms with E-state index in [4.69, 9.17) is 5.84 Å². The third kappa shape index (κ3) is 3.25. The Morgan fingerprint density at radius 3 is 2.74 bits per heavy atom. The number of aryl methyl sites for hydroxylation is 2. The third-order valence-corrected chi connectivity index (χ3v) is 3.53. The molecule has 0 spiro atoms. The van der Waals surface area contributed by atoms with Gasteiger partial charge in [0, 0.05) is 5.69 Å². The Hall–Kier alpha value is -2.02. The second-order valence-electron chi connectivity index (χ2n) is 4.05. The van der Waals surface area contributed by atoms with E-state index in [1.165, 1.54) is 16.4 Å². The zero-order chi connectivity index (χ0) is 13.8. The van der Waals surface area contributed by atoms with Crippen LogP contribution < -0.4 is 11.2 Å². The van der Waals surface area contributed by atoms with Gasteiger partial charge in [0.1, 0.15) is 5.82 Å². The van der Waals surface area contributed by atoms with E-state index < -0.39 is 0 Å². The van der Waals surface area contributed by atoms with Gasteiger partial charge in [-0.1, -0.05) is 30.0 Å². The van der Waals surface area contributed by atoms with Gasteiger partial charge in [-0.2, -0.15) is 0 Å². The lowest BCUT2D eigenvalue weighted by Gasteiger charge is -2.07. The van der Waals surface area contributed by atoms with Crippen molar-refractivity contribution in [3.63, 3.8) is 0 Å². The molecule has 0 saturated heterocycles. The van der Waals surface area contributed by atoms with Crippen molar-refractivity contribution in [2.75, 3.05) is 16.9 Å². The molecule has 1 aromatic heterocycles. The summed E-state index contributed by atoms with van der Waals surface area (Å²) in [7, 11) is 0. The van der Waals surface area contributed by atoms with Crippen LogP contribution in [-0.2, 0) is 4.79 Å². The summed E-state index contributed by atoms with van der Waals surface area (Å²) in [5, 5.41) is 11.1. The number of nitrogen functional groups attached to an aromatic ring is 1. The van der Waals surface area contributed by atoms with Crippen molar-refractivity contribution < 1.29 is 4.79 Å². The molecule has 2 rings (SSSR count). The normalized spacial score (nSPS) is 10.4. The summed E-state index contributed by atoms with van der Waals surface area (Å²) in [4.78, 5) is 11.8. The van der Waals surface area contributed by atoms with Gasteiger partial charge in [-0.25, -0.2) is 4.68 Å². The van der Waals surface area contributed by atoms with Crippen LogP contribution in [0.15, 0.2) is 29.4 Å². The standard InChI is InChI=1S/C12H15N5OS/c1-8-5-3-4-6-10(8)14-11(18)7-19-12-16-15-9(2)17(12)13/h3-6H,7,13H2,1-2H3,(H,14,18). The summed E-state index contributed by atoms with van der Waals surface area (Å²) in [5.74, 6) is 6.46. The molecule has 3 N–H and O–H groups in total. The first-order valence-electron chi connectivity index (χ1n) is 5.73. The molecule has 0 radical (unpaired) electrons. The van der Waals surface area contributed by atoms with Crippen molar-refractivity contribution in [1.29, 1.82) is 0 Å². The monoisotopic (exact) mass is 277 g/mol. The van der Waals surface area contributed by atoms with Crippen LogP contribution in [-0.4, -0.2) is 26.5 Å².